The maximum atomic E-state index is 12.1. The summed E-state index contributed by atoms with van der Waals surface area (Å²) in [4.78, 5) is 11.2. The molecule has 2 aromatic rings. The molecule has 0 fully saturated rings. The highest BCUT2D eigenvalue weighted by Gasteiger charge is 2.12. The van der Waals surface area contributed by atoms with Crippen molar-refractivity contribution in [3.05, 3.63) is 59.7 Å². The van der Waals surface area contributed by atoms with Crippen LogP contribution in [0.25, 0.3) is 0 Å². The van der Waals surface area contributed by atoms with Crippen LogP contribution in [0.4, 0.5) is 11.4 Å². The van der Waals surface area contributed by atoms with Crippen LogP contribution in [0.15, 0.2) is 48.5 Å². The lowest BCUT2D eigenvalue weighted by Crippen LogP contribution is -2.15. The second-order valence-electron chi connectivity index (χ2n) is 4.74. The first-order valence-corrected chi connectivity index (χ1v) is 7.97. The molecule has 0 saturated carbocycles. The molecule has 5 nitrogen and oxygen atoms in total. The van der Waals surface area contributed by atoms with Crippen LogP contribution in [0.1, 0.15) is 22.8 Å². The Morgan fingerprint density at radius 1 is 1.14 bits per heavy atom. The predicted octanol–water partition coefficient (Wildman–Crippen LogP) is 2.41. The Morgan fingerprint density at radius 2 is 1.81 bits per heavy atom. The van der Waals surface area contributed by atoms with Crippen molar-refractivity contribution in [2.24, 2.45) is 0 Å². The van der Waals surface area contributed by atoms with E-state index in [1.54, 1.807) is 48.5 Å². The number of hydrogen-bond acceptors (Lipinski definition) is 4. The van der Waals surface area contributed by atoms with Gasteiger partial charge in [0.05, 0.1) is 5.75 Å². The Labute approximate surface area is 123 Å². The maximum Gasteiger partial charge on any atom is 0.236 e. The fraction of sp³-hybridized carbons (Fsp3) is 0.133. The van der Waals surface area contributed by atoms with Gasteiger partial charge in [0.25, 0.3) is 0 Å². The number of sulfonamides is 1. The van der Waals surface area contributed by atoms with Crippen molar-refractivity contribution in [3.8, 4) is 0 Å². The topological polar surface area (TPSA) is 89.3 Å². The molecule has 0 heterocycles. The van der Waals surface area contributed by atoms with Crippen LogP contribution < -0.4 is 10.5 Å². The second-order valence-corrected chi connectivity index (χ2v) is 6.46. The van der Waals surface area contributed by atoms with E-state index in [1.165, 1.54) is 6.92 Å². The molecule has 110 valence electrons. The standard InChI is InChI=1S/C15H16N2O3S/c1-11(18)13-5-7-15(8-6-13)17-21(19,20)10-12-3-2-4-14(16)9-12/h2-9,17H,10,16H2,1H3. The van der Waals surface area contributed by atoms with E-state index in [-0.39, 0.29) is 11.5 Å². The number of carbonyl (C=O) groups excluding carboxylic acids is 1. The Balaban J connectivity index is 2.12. The van der Waals surface area contributed by atoms with Gasteiger partial charge in [-0.15, -0.1) is 0 Å². The number of nitrogen functional groups attached to an aromatic ring is 1. The highest BCUT2D eigenvalue weighted by atomic mass is 32.2. The summed E-state index contributed by atoms with van der Waals surface area (Å²) in [5.41, 5.74) is 7.72. The molecule has 0 bridgehead atoms. The Bertz CT molecular complexity index is 753. The van der Waals surface area contributed by atoms with E-state index in [0.717, 1.165) is 0 Å². The number of benzene rings is 2. The monoisotopic (exact) mass is 304 g/mol. The Kier molecular flexibility index (Phi) is 4.28. The van der Waals surface area contributed by atoms with Gasteiger partial charge >= 0.3 is 0 Å². The van der Waals surface area contributed by atoms with Crippen LogP contribution in [0.3, 0.4) is 0 Å². The average Bonchev–Trinajstić information content (AvgIpc) is 2.38. The van der Waals surface area contributed by atoms with Crippen molar-refractivity contribution in [2.75, 3.05) is 10.5 Å². The van der Waals surface area contributed by atoms with Gasteiger partial charge in [0.15, 0.2) is 5.78 Å². The highest BCUT2D eigenvalue weighted by molar-refractivity contribution is 7.91. The lowest BCUT2D eigenvalue weighted by molar-refractivity contribution is 0.101. The molecule has 0 aliphatic carbocycles. The quantitative estimate of drug-likeness (QED) is 0.655. The molecular formula is C15H16N2O3S. The van der Waals surface area contributed by atoms with Crippen LogP contribution in [-0.4, -0.2) is 14.2 Å². The molecule has 0 saturated heterocycles. The maximum absolute atomic E-state index is 12.1. The molecule has 21 heavy (non-hydrogen) atoms. The zero-order valence-corrected chi connectivity index (χ0v) is 12.4. The summed E-state index contributed by atoms with van der Waals surface area (Å²) < 4.78 is 26.6. The van der Waals surface area contributed by atoms with E-state index in [9.17, 15) is 13.2 Å². The third-order valence-electron chi connectivity index (χ3n) is 2.87. The van der Waals surface area contributed by atoms with E-state index in [2.05, 4.69) is 4.72 Å². The largest absolute Gasteiger partial charge is 0.399 e. The number of carbonyl (C=O) groups is 1. The summed E-state index contributed by atoms with van der Waals surface area (Å²) in [6.07, 6.45) is 0. The van der Waals surface area contributed by atoms with Gasteiger partial charge in [0.2, 0.25) is 10.0 Å². The fourth-order valence-corrected chi connectivity index (χ4v) is 3.08. The minimum absolute atomic E-state index is 0.0656. The fourth-order valence-electron chi connectivity index (χ4n) is 1.89. The average molecular weight is 304 g/mol. The molecule has 0 radical (unpaired) electrons. The van der Waals surface area contributed by atoms with Gasteiger partial charge < -0.3 is 5.73 Å². The molecule has 0 amide bonds. The van der Waals surface area contributed by atoms with Gasteiger partial charge in [-0.25, -0.2) is 8.42 Å². The first-order valence-electron chi connectivity index (χ1n) is 6.32. The molecule has 2 aromatic carbocycles. The van der Waals surface area contributed by atoms with Crippen molar-refractivity contribution < 1.29 is 13.2 Å². The molecule has 0 atom stereocenters. The number of rotatable bonds is 5. The molecule has 3 N–H and O–H groups in total. The molecule has 0 aliphatic heterocycles. The zero-order valence-electron chi connectivity index (χ0n) is 11.5. The Morgan fingerprint density at radius 3 is 2.38 bits per heavy atom. The minimum atomic E-state index is -3.53. The summed E-state index contributed by atoms with van der Waals surface area (Å²) in [6, 6.07) is 13.0. The van der Waals surface area contributed by atoms with E-state index >= 15 is 0 Å². The third kappa shape index (κ3) is 4.32. The van der Waals surface area contributed by atoms with Crippen LogP contribution in [0, 0.1) is 0 Å². The molecular weight excluding hydrogens is 288 g/mol. The summed E-state index contributed by atoms with van der Waals surface area (Å²) in [5.74, 6) is -0.226. The van der Waals surface area contributed by atoms with E-state index < -0.39 is 10.0 Å². The molecule has 0 aromatic heterocycles. The molecule has 0 aliphatic rings. The SMILES string of the molecule is CC(=O)c1ccc(NS(=O)(=O)Cc2cccc(N)c2)cc1. The molecule has 0 unspecified atom stereocenters. The number of hydrogen-bond donors (Lipinski definition) is 2. The number of Topliss-reactive ketones (excluding diaryl/α,β-unsaturated/α-hetero) is 1. The first kappa shape index (κ1) is 15.1. The van der Waals surface area contributed by atoms with Gasteiger partial charge in [0, 0.05) is 16.9 Å². The Hall–Kier alpha value is -2.34. The lowest BCUT2D eigenvalue weighted by atomic mass is 10.1. The van der Waals surface area contributed by atoms with E-state index in [1.807, 2.05) is 0 Å². The number of nitrogens with two attached hydrogens (primary N) is 1. The van der Waals surface area contributed by atoms with Gasteiger partial charge in [-0.3, -0.25) is 9.52 Å². The minimum Gasteiger partial charge on any atom is -0.399 e. The van der Waals surface area contributed by atoms with Crippen LogP contribution >= 0.6 is 0 Å². The molecule has 2 rings (SSSR count). The number of anilines is 2. The number of ketones is 1. The zero-order chi connectivity index (χ0) is 15.5. The predicted molar refractivity (Wildman–Crippen MR) is 83.5 cm³/mol. The smallest absolute Gasteiger partial charge is 0.236 e. The normalized spacial score (nSPS) is 11.1. The van der Waals surface area contributed by atoms with E-state index in [0.29, 0.717) is 22.5 Å². The van der Waals surface area contributed by atoms with Gasteiger partial charge in [-0.1, -0.05) is 12.1 Å². The lowest BCUT2D eigenvalue weighted by Gasteiger charge is -2.09. The van der Waals surface area contributed by atoms with Crippen molar-refractivity contribution in [1.29, 1.82) is 0 Å². The van der Waals surface area contributed by atoms with Crippen LogP contribution in [0.2, 0.25) is 0 Å². The third-order valence-corrected chi connectivity index (χ3v) is 4.13. The van der Waals surface area contributed by atoms with Crippen LogP contribution in [-0.2, 0) is 15.8 Å². The van der Waals surface area contributed by atoms with Gasteiger partial charge in [-0.2, -0.15) is 0 Å². The summed E-state index contributed by atoms with van der Waals surface area (Å²) in [6.45, 7) is 1.46. The first-order chi connectivity index (χ1) is 9.85. The summed E-state index contributed by atoms with van der Waals surface area (Å²) in [5, 5.41) is 0. The van der Waals surface area contributed by atoms with Gasteiger partial charge in [-0.05, 0) is 48.9 Å². The summed E-state index contributed by atoms with van der Waals surface area (Å²) >= 11 is 0. The second kappa shape index (κ2) is 5.97. The van der Waals surface area contributed by atoms with Crippen molar-refractivity contribution in [2.45, 2.75) is 12.7 Å². The van der Waals surface area contributed by atoms with Crippen molar-refractivity contribution in [3.63, 3.8) is 0 Å². The number of nitrogens with one attached hydrogen (secondary N) is 1. The summed E-state index contributed by atoms with van der Waals surface area (Å²) in [7, 11) is -3.53. The van der Waals surface area contributed by atoms with E-state index in [4.69, 9.17) is 5.73 Å². The van der Waals surface area contributed by atoms with Crippen LogP contribution in [0.5, 0.6) is 0 Å². The van der Waals surface area contributed by atoms with Gasteiger partial charge in [0.1, 0.15) is 0 Å². The van der Waals surface area contributed by atoms with Crippen molar-refractivity contribution in [1.82, 2.24) is 0 Å². The molecule has 0 spiro atoms. The molecule has 6 heteroatoms. The van der Waals surface area contributed by atoms with Crippen molar-refractivity contribution >= 4 is 27.2 Å². The highest BCUT2D eigenvalue weighted by Crippen LogP contribution is 2.15.